The molecule has 1 aromatic rings. The van der Waals surface area contributed by atoms with Crippen molar-refractivity contribution in [1.82, 2.24) is 10.2 Å². The van der Waals surface area contributed by atoms with E-state index in [1.807, 2.05) is 24.3 Å². The topological polar surface area (TPSA) is 69.6 Å². The van der Waals surface area contributed by atoms with E-state index in [4.69, 9.17) is 5.11 Å². The van der Waals surface area contributed by atoms with Gasteiger partial charge in [0.2, 0.25) is 0 Å². The lowest BCUT2D eigenvalue weighted by Gasteiger charge is -2.11. The summed E-state index contributed by atoms with van der Waals surface area (Å²) >= 11 is 3.36. The van der Waals surface area contributed by atoms with E-state index >= 15 is 0 Å². The number of halogens is 1. The first-order valence-corrected chi connectivity index (χ1v) is 5.88. The number of amides is 2. The van der Waals surface area contributed by atoms with Gasteiger partial charge in [-0.3, -0.25) is 4.79 Å². The van der Waals surface area contributed by atoms with E-state index in [1.54, 1.807) is 0 Å². The molecule has 0 spiro atoms. The molecule has 1 heterocycles. The van der Waals surface area contributed by atoms with Gasteiger partial charge in [-0.25, -0.2) is 4.79 Å². The van der Waals surface area contributed by atoms with Gasteiger partial charge in [-0.05, 0) is 17.7 Å². The molecule has 1 atom stereocenters. The Morgan fingerprint density at radius 1 is 1.59 bits per heavy atom. The Kier molecular flexibility index (Phi) is 3.33. The maximum absolute atomic E-state index is 11.5. The van der Waals surface area contributed by atoms with Crippen molar-refractivity contribution in [2.75, 3.05) is 13.1 Å². The van der Waals surface area contributed by atoms with Crippen molar-refractivity contribution in [3.05, 3.63) is 34.3 Å². The van der Waals surface area contributed by atoms with E-state index in [-0.39, 0.29) is 18.6 Å². The van der Waals surface area contributed by atoms with Gasteiger partial charge in [0.05, 0.1) is 6.04 Å². The highest BCUT2D eigenvalue weighted by atomic mass is 79.9. The Morgan fingerprint density at radius 2 is 2.35 bits per heavy atom. The molecule has 2 rings (SSSR count). The second kappa shape index (κ2) is 4.75. The number of rotatable bonds is 3. The van der Waals surface area contributed by atoms with Crippen molar-refractivity contribution in [2.45, 2.75) is 6.04 Å². The zero-order valence-corrected chi connectivity index (χ0v) is 10.5. The van der Waals surface area contributed by atoms with Crippen molar-refractivity contribution >= 4 is 27.9 Å². The number of carboxylic acids is 1. The standard InChI is InChI=1S/C11H11BrN2O3/c12-8-3-1-2-7(4-8)9-5-14(6-10(15)16)11(17)13-9/h1-4,9H,5-6H2,(H,13,17)(H,15,16). The minimum atomic E-state index is -1.00. The van der Waals surface area contributed by atoms with Crippen LogP contribution >= 0.6 is 15.9 Å². The van der Waals surface area contributed by atoms with Crippen LogP contribution in [0.1, 0.15) is 11.6 Å². The first-order chi connectivity index (χ1) is 8.06. The van der Waals surface area contributed by atoms with Gasteiger partial charge >= 0.3 is 12.0 Å². The normalized spacial score (nSPS) is 19.2. The SMILES string of the molecule is O=C(O)CN1CC(c2cccc(Br)c2)NC1=O. The third-order valence-electron chi connectivity index (χ3n) is 2.57. The van der Waals surface area contributed by atoms with Crippen LogP contribution in [0.2, 0.25) is 0 Å². The number of nitrogens with zero attached hydrogens (tertiary/aromatic N) is 1. The molecule has 0 radical (unpaired) electrons. The lowest BCUT2D eigenvalue weighted by atomic mass is 10.1. The summed E-state index contributed by atoms with van der Waals surface area (Å²) in [7, 11) is 0. The molecule has 17 heavy (non-hydrogen) atoms. The summed E-state index contributed by atoms with van der Waals surface area (Å²) in [5.74, 6) is -1.00. The predicted octanol–water partition coefficient (Wildman–Crippen LogP) is 1.60. The summed E-state index contributed by atoms with van der Waals surface area (Å²) in [6.45, 7) is 0.109. The Labute approximate surface area is 107 Å². The Morgan fingerprint density at radius 3 is 3.00 bits per heavy atom. The number of urea groups is 1. The predicted molar refractivity (Wildman–Crippen MR) is 64.6 cm³/mol. The molecule has 1 aromatic carbocycles. The third kappa shape index (κ3) is 2.76. The fraction of sp³-hybridized carbons (Fsp3) is 0.273. The summed E-state index contributed by atoms with van der Waals surface area (Å²) in [6.07, 6.45) is 0. The summed E-state index contributed by atoms with van der Waals surface area (Å²) in [5.41, 5.74) is 0.959. The van der Waals surface area contributed by atoms with Crippen LogP contribution in [0.5, 0.6) is 0 Å². The minimum absolute atomic E-state index is 0.153. The van der Waals surface area contributed by atoms with Gasteiger partial charge in [0.1, 0.15) is 6.54 Å². The first-order valence-electron chi connectivity index (χ1n) is 5.09. The largest absolute Gasteiger partial charge is 0.480 e. The Hall–Kier alpha value is -1.56. The molecule has 0 bridgehead atoms. The van der Waals surface area contributed by atoms with E-state index in [9.17, 15) is 9.59 Å². The molecule has 0 saturated carbocycles. The zero-order chi connectivity index (χ0) is 12.4. The summed E-state index contributed by atoms with van der Waals surface area (Å²) in [4.78, 5) is 23.4. The van der Waals surface area contributed by atoms with Crippen LogP contribution in [-0.2, 0) is 4.79 Å². The molecule has 1 aliphatic heterocycles. The molecule has 5 nitrogen and oxygen atoms in total. The molecule has 6 heteroatoms. The van der Waals surface area contributed by atoms with Gasteiger partial charge in [-0.15, -0.1) is 0 Å². The molecule has 1 saturated heterocycles. The lowest BCUT2D eigenvalue weighted by molar-refractivity contribution is -0.137. The molecule has 2 amide bonds. The molecule has 0 aliphatic carbocycles. The van der Waals surface area contributed by atoms with E-state index in [2.05, 4.69) is 21.2 Å². The highest BCUT2D eigenvalue weighted by molar-refractivity contribution is 9.10. The number of hydrogen-bond acceptors (Lipinski definition) is 2. The van der Waals surface area contributed by atoms with Crippen LogP contribution < -0.4 is 5.32 Å². The van der Waals surface area contributed by atoms with Crippen molar-refractivity contribution in [2.24, 2.45) is 0 Å². The molecule has 2 N–H and O–H groups in total. The van der Waals surface area contributed by atoms with E-state index < -0.39 is 5.97 Å². The van der Waals surface area contributed by atoms with Crippen molar-refractivity contribution < 1.29 is 14.7 Å². The Balaban J connectivity index is 2.11. The number of carboxylic acid groups (broad SMARTS) is 1. The highest BCUT2D eigenvalue weighted by Crippen LogP contribution is 2.22. The van der Waals surface area contributed by atoms with Crippen LogP contribution in [-0.4, -0.2) is 35.1 Å². The maximum atomic E-state index is 11.5. The summed E-state index contributed by atoms with van der Waals surface area (Å²) in [5, 5.41) is 11.4. The van der Waals surface area contributed by atoms with Gasteiger partial charge < -0.3 is 15.3 Å². The quantitative estimate of drug-likeness (QED) is 0.890. The van der Waals surface area contributed by atoms with Crippen LogP contribution in [0.4, 0.5) is 4.79 Å². The van der Waals surface area contributed by atoms with Gasteiger partial charge in [-0.2, -0.15) is 0 Å². The fourth-order valence-corrected chi connectivity index (χ4v) is 2.22. The number of benzene rings is 1. The highest BCUT2D eigenvalue weighted by Gasteiger charge is 2.30. The van der Waals surface area contributed by atoms with Crippen LogP contribution in [0.3, 0.4) is 0 Å². The van der Waals surface area contributed by atoms with E-state index in [0.717, 1.165) is 10.0 Å². The van der Waals surface area contributed by atoms with E-state index in [1.165, 1.54) is 4.90 Å². The van der Waals surface area contributed by atoms with Gasteiger partial charge in [0, 0.05) is 11.0 Å². The lowest BCUT2D eigenvalue weighted by Crippen LogP contribution is -2.32. The monoisotopic (exact) mass is 298 g/mol. The van der Waals surface area contributed by atoms with Crippen molar-refractivity contribution in [1.29, 1.82) is 0 Å². The van der Waals surface area contributed by atoms with Gasteiger partial charge in [0.15, 0.2) is 0 Å². The minimum Gasteiger partial charge on any atom is -0.480 e. The molecule has 1 unspecified atom stereocenters. The number of carbonyl (C=O) groups is 2. The molecular weight excluding hydrogens is 288 g/mol. The number of aliphatic carboxylic acids is 1. The number of hydrogen-bond donors (Lipinski definition) is 2. The van der Waals surface area contributed by atoms with Crippen molar-refractivity contribution in [3.63, 3.8) is 0 Å². The molecule has 90 valence electrons. The van der Waals surface area contributed by atoms with E-state index in [0.29, 0.717) is 6.54 Å². The molecular formula is C11H11BrN2O3. The van der Waals surface area contributed by atoms with Gasteiger partial charge in [-0.1, -0.05) is 28.1 Å². The summed E-state index contributed by atoms with van der Waals surface area (Å²) in [6, 6.07) is 7.10. The third-order valence-corrected chi connectivity index (χ3v) is 3.06. The van der Waals surface area contributed by atoms with Gasteiger partial charge in [0.25, 0.3) is 0 Å². The molecule has 1 fully saturated rings. The molecule has 0 aromatic heterocycles. The second-order valence-electron chi connectivity index (χ2n) is 3.83. The van der Waals surface area contributed by atoms with Crippen molar-refractivity contribution in [3.8, 4) is 0 Å². The number of carbonyl (C=O) groups excluding carboxylic acids is 1. The number of nitrogens with one attached hydrogen (secondary N) is 1. The fourth-order valence-electron chi connectivity index (χ4n) is 1.80. The maximum Gasteiger partial charge on any atom is 0.323 e. The average molecular weight is 299 g/mol. The zero-order valence-electron chi connectivity index (χ0n) is 8.89. The summed E-state index contributed by atoms with van der Waals surface area (Å²) < 4.78 is 0.931. The Bertz CT molecular complexity index is 464. The second-order valence-corrected chi connectivity index (χ2v) is 4.75. The molecule has 1 aliphatic rings. The van der Waals surface area contributed by atoms with Crippen LogP contribution in [0.15, 0.2) is 28.7 Å². The first kappa shape index (κ1) is 11.9. The van der Waals surface area contributed by atoms with Crippen LogP contribution in [0, 0.1) is 0 Å². The smallest absolute Gasteiger partial charge is 0.323 e. The van der Waals surface area contributed by atoms with Crippen LogP contribution in [0.25, 0.3) is 0 Å². The average Bonchev–Trinajstić information content (AvgIpc) is 2.59.